The monoisotopic (exact) mass is 282 g/mol. The summed E-state index contributed by atoms with van der Waals surface area (Å²) in [6.45, 7) is 4.38. The largest absolute Gasteiger partial charge is 0.448 e. The van der Waals surface area contributed by atoms with E-state index in [0.717, 1.165) is 37.9 Å². The number of nitrogens with one attached hydrogen (secondary N) is 1. The molecule has 1 saturated carbocycles. The Morgan fingerprint density at radius 1 is 1.16 bits per heavy atom. The summed E-state index contributed by atoms with van der Waals surface area (Å²) in [5.74, 6) is 1.80. The van der Waals surface area contributed by atoms with Gasteiger partial charge in [-0.15, -0.1) is 0 Å². The van der Waals surface area contributed by atoms with Gasteiger partial charge in [-0.05, 0) is 42.5 Å². The van der Waals surface area contributed by atoms with Gasteiger partial charge < -0.3 is 9.73 Å². The van der Waals surface area contributed by atoms with E-state index >= 15 is 0 Å². The third-order valence-electron chi connectivity index (χ3n) is 4.53. The minimum atomic E-state index is 0.426. The summed E-state index contributed by atoms with van der Waals surface area (Å²) in [5, 5.41) is 3.95. The maximum atomic E-state index is 5.98. The van der Waals surface area contributed by atoms with Crippen LogP contribution in [0.4, 0.5) is 0 Å². The first-order valence-electron chi connectivity index (χ1n) is 7.54. The van der Waals surface area contributed by atoms with Gasteiger partial charge in [0.2, 0.25) is 0 Å². The molecule has 1 aromatic rings. The molecule has 1 aliphatic carbocycles. The van der Waals surface area contributed by atoms with Crippen LogP contribution in [0.2, 0.25) is 5.22 Å². The van der Waals surface area contributed by atoms with Crippen LogP contribution < -0.4 is 5.32 Å². The minimum absolute atomic E-state index is 0.426. The summed E-state index contributed by atoms with van der Waals surface area (Å²) < 4.78 is 5.76. The van der Waals surface area contributed by atoms with Crippen LogP contribution in [0, 0.1) is 5.92 Å². The molecule has 3 nitrogen and oxygen atoms in total. The van der Waals surface area contributed by atoms with Crippen molar-refractivity contribution in [2.24, 2.45) is 5.92 Å². The standard InChI is InChI=1S/C15H23ClN2O/c16-14-7-6-13(19-14)15(12-4-2-1-3-5-12)18-10-8-17-9-11-18/h6-7,12,15,17H,1-5,8-11H2/t15-/m1/s1. The molecule has 2 fully saturated rings. The minimum Gasteiger partial charge on any atom is -0.448 e. The zero-order valence-electron chi connectivity index (χ0n) is 11.4. The van der Waals surface area contributed by atoms with E-state index in [0.29, 0.717) is 11.3 Å². The number of furan rings is 1. The lowest BCUT2D eigenvalue weighted by Crippen LogP contribution is -2.47. The summed E-state index contributed by atoms with van der Waals surface area (Å²) in [4.78, 5) is 2.58. The van der Waals surface area contributed by atoms with Crippen molar-refractivity contribution in [1.82, 2.24) is 10.2 Å². The number of hydrogen-bond donors (Lipinski definition) is 1. The van der Waals surface area contributed by atoms with Crippen molar-refractivity contribution >= 4 is 11.6 Å². The van der Waals surface area contributed by atoms with Gasteiger partial charge in [-0.3, -0.25) is 4.90 Å². The third kappa shape index (κ3) is 3.15. The first-order chi connectivity index (χ1) is 9.34. The van der Waals surface area contributed by atoms with E-state index in [4.69, 9.17) is 16.0 Å². The molecule has 0 aromatic carbocycles. The zero-order chi connectivity index (χ0) is 13.1. The van der Waals surface area contributed by atoms with Crippen molar-refractivity contribution in [3.05, 3.63) is 23.1 Å². The molecule has 0 radical (unpaired) electrons. The lowest BCUT2D eigenvalue weighted by molar-refractivity contribution is 0.0871. The number of hydrogen-bond acceptors (Lipinski definition) is 3. The quantitative estimate of drug-likeness (QED) is 0.920. The first kappa shape index (κ1) is 13.5. The van der Waals surface area contributed by atoms with E-state index in [1.807, 2.05) is 6.07 Å². The molecule has 1 aromatic heterocycles. The molecular weight excluding hydrogens is 260 g/mol. The van der Waals surface area contributed by atoms with Gasteiger partial charge in [-0.25, -0.2) is 0 Å². The highest BCUT2D eigenvalue weighted by Crippen LogP contribution is 2.39. The molecule has 1 N–H and O–H groups in total. The van der Waals surface area contributed by atoms with Crippen LogP contribution in [-0.4, -0.2) is 31.1 Å². The molecule has 0 spiro atoms. The Morgan fingerprint density at radius 2 is 1.89 bits per heavy atom. The highest BCUT2D eigenvalue weighted by atomic mass is 35.5. The summed E-state index contributed by atoms with van der Waals surface area (Å²) in [6.07, 6.45) is 6.77. The third-order valence-corrected chi connectivity index (χ3v) is 4.73. The van der Waals surface area contributed by atoms with Crippen LogP contribution in [0.3, 0.4) is 0 Å². The van der Waals surface area contributed by atoms with Gasteiger partial charge >= 0.3 is 0 Å². The number of piperazine rings is 1. The van der Waals surface area contributed by atoms with Gasteiger partial charge in [0, 0.05) is 26.2 Å². The number of rotatable bonds is 3. The zero-order valence-corrected chi connectivity index (χ0v) is 12.2. The summed E-state index contributed by atoms with van der Waals surface area (Å²) in [7, 11) is 0. The molecule has 2 aliphatic rings. The highest BCUT2D eigenvalue weighted by molar-refractivity contribution is 6.28. The van der Waals surface area contributed by atoms with Crippen molar-refractivity contribution in [1.29, 1.82) is 0 Å². The molecule has 0 amide bonds. The van der Waals surface area contributed by atoms with Crippen molar-refractivity contribution in [3.8, 4) is 0 Å². The topological polar surface area (TPSA) is 28.4 Å². The van der Waals surface area contributed by atoms with Crippen molar-refractivity contribution in [2.75, 3.05) is 26.2 Å². The second kappa shape index (κ2) is 6.29. The Bertz CT molecular complexity index is 377. The maximum absolute atomic E-state index is 5.98. The van der Waals surface area contributed by atoms with Gasteiger partial charge in [-0.2, -0.15) is 0 Å². The van der Waals surface area contributed by atoms with Crippen LogP contribution in [0.1, 0.15) is 43.9 Å². The van der Waals surface area contributed by atoms with Gasteiger partial charge in [0.25, 0.3) is 0 Å². The van der Waals surface area contributed by atoms with Crippen LogP contribution in [0.5, 0.6) is 0 Å². The van der Waals surface area contributed by atoms with Crippen molar-refractivity contribution < 1.29 is 4.42 Å². The van der Waals surface area contributed by atoms with E-state index in [1.165, 1.54) is 32.1 Å². The Kier molecular flexibility index (Phi) is 4.46. The van der Waals surface area contributed by atoms with E-state index in [9.17, 15) is 0 Å². The van der Waals surface area contributed by atoms with Crippen LogP contribution in [0.15, 0.2) is 16.5 Å². The number of nitrogens with zero attached hydrogens (tertiary/aromatic N) is 1. The molecule has 19 heavy (non-hydrogen) atoms. The summed E-state index contributed by atoms with van der Waals surface area (Å²) in [6, 6.07) is 4.38. The van der Waals surface area contributed by atoms with E-state index in [1.54, 1.807) is 0 Å². The number of halogens is 1. The lowest BCUT2D eigenvalue weighted by atomic mass is 9.82. The SMILES string of the molecule is Clc1ccc([C@@H](C2CCCCC2)N2CCNCC2)o1. The second-order valence-electron chi connectivity index (χ2n) is 5.77. The second-order valence-corrected chi connectivity index (χ2v) is 6.14. The average Bonchev–Trinajstić information content (AvgIpc) is 2.88. The fourth-order valence-electron chi connectivity index (χ4n) is 3.61. The summed E-state index contributed by atoms with van der Waals surface area (Å²) in [5.41, 5.74) is 0. The molecule has 0 bridgehead atoms. The Labute approximate surface area is 120 Å². The summed E-state index contributed by atoms with van der Waals surface area (Å²) >= 11 is 5.98. The molecule has 1 atom stereocenters. The van der Waals surface area contributed by atoms with Gasteiger partial charge in [0.1, 0.15) is 5.76 Å². The Balaban J connectivity index is 1.81. The van der Waals surface area contributed by atoms with Crippen LogP contribution in [-0.2, 0) is 0 Å². The highest BCUT2D eigenvalue weighted by Gasteiger charge is 2.32. The molecule has 4 heteroatoms. The fourth-order valence-corrected chi connectivity index (χ4v) is 3.76. The predicted molar refractivity (Wildman–Crippen MR) is 77.5 cm³/mol. The van der Waals surface area contributed by atoms with Crippen LogP contribution >= 0.6 is 11.6 Å². The molecule has 2 heterocycles. The van der Waals surface area contributed by atoms with Gasteiger partial charge in [-0.1, -0.05) is 19.3 Å². The van der Waals surface area contributed by atoms with Gasteiger partial charge in [0.05, 0.1) is 6.04 Å². The molecule has 106 valence electrons. The predicted octanol–water partition coefficient (Wildman–Crippen LogP) is 3.46. The fraction of sp³-hybridized carbons (Fsp3) is 0.733. The van der Waals surface area contributed by atoms with Gasteiger partial charge in [0.15, 0.2) is 5.22 Å². The average molecular weight is 283 g/mol. The molecule has 1 aliphatic heterocycles. The van der Waals surface area contributed by atoms with E-state index in [-0.39, 0.29) is 0 Å². The normalized spacial score (nSPS) is 24.5. The van der Waals surface area contributed by atoms with Crippen LogP contribution in [0.25, 0.3) is 0 Å². The molecular formula is C15H23ClN2O. The van der Waals surface area contributed by atoms with E-state index in [2.05, 4.69) is 16.3 Å². The molecule has 3 rings (SSSR count). The lowest BCUT2D eigenvalue weighted by Gasteiger charge is -2.39. The van der Waals surface area contributed by atoms with Crippen molar-refractivity contribution in [2.45, 2.75) is 38.1 Å². The Hall–Kier alpha value is -0.510. The maximum Gasteiger partial charge on any atom is 0.193 e. The van der Waals surface area contributed by atoms with Crippen molar-refractivity contribution in [3.63, 3.8) is 0 Å². The first-order valence-corrected chi connectivity index (χ1v) is 7.92. The smallest absolute Gasteiger partial charge is 0.193 e. The molecule has 0 unspecified atom stereocenters. The molecule has 1 saturated heterocycles. The Morgan fingerprint density at radius 3 is 2.53 bits per heavy atom. The van der Waals surface area contributed by atoms with E-state index < -0.39 is 0 Å².